The van der Waals surface area contributed by atoms with Crippen LogP contribution < -0.4 is 5.73 Å². The number of aromatic hydroxyl groups is 1. The molecule has 1 atom stereocenters. The summed E-state index contributed by atoms with van der Waals surface area (Å²) in [5.74, 6) is 0.476. The van der Waals surface area contributed by atoms with Gasteiger partial charge >= 0.3 is 0 Å². The number of pyridine rings is 1. The summed E-state index contributed by atoms with van der Waals surface area (Å²) in [6.07, 6.45) is 1.67. The molecule has 0 saturated carbocycles. The SMILES string of the molecule is CC(CN)c1cc(O)c2ncccc2c1. The van der Waals surface area contributed by atoms with E-state index >= 15 is 0 Å². The van der Waals surface area contributed by atoms with Gasteiger partial charge in [0.15, 0.2) is 0 Å². The second-order valence-electron chi connectivity index (χ2n) is 3.75. The zero-order valence-electron chi connectivity index (χ0n) is 8.64. The van der Waals surface area contributed by atoms with Crippen molar-refractivity contribution in [3.8, 4) is 5.75 Å². The molecule has 0 aliphatic heterocycles. The molecule has 0 bridgehead atoms. The summed E-state index contributed by atoms with van der Waals surface area (Å²) in [5.41, 5.74) is 7.30. The fraction of sp³-hybridized carbons (Fsp3) is 0.250. The summed E-state index contributed by atoms with van der Waals surface area (Å²) >= 11 is 0. The van der Waals surface area contributed by atoms with Crippen molar-refractivity contribution in [2.24, 2.45) is 5.73 Å². The van der Waals surface area contributed by atoms with E-state index in [-0.39, 0.29) is 11.7 Å². The van der Waals surface area contributed by atoms with Crippen LogP contribution in [0.4, 0.5) is 0 Å². The molecular formula is C12H14N2O. The highest BCUT2D eigenvalue weighted by Crippen LogP contribution is 2.27. The molecule has 0 aliphatic carbocycles. The van der Waals surface area contributed by atoms with Crippen molar-refractivity contribution in [2.45, 2.75) is 12.8 Å². The third-order valence-corrected chi connectivity index (χ3v) is 2.63. The molecule has 3 nitrogen and oxygen atoms in total. The van der Waals surface area contributed by atoms with Gasteiger partial charge in [0, 0.05) is 11.6 Å². The van der Waals surface area contributed by atoms with E-state index in [1.165, 1.54) is 0 Å². The number of hydrogen-bond acceptors (Lipinski definition) is 3. The minimum atomic E-state index is 0.225. The number of fused-ring (bicyclic) bond motifs is 1. The third-order valence-electron chi connectivity index (χ3n) is 2.63. The normalized spacial score (nSPS) is 12.9. The average Bonchev–Trinajstić information content (AvgIpc) is 2.28. The van der Waals surface area contributed by atoms with E-state index in [0.29, 0.717) is 12.1 Å². The van der Waals surface area contributed by atoms with Crippen LogP contribution >= 0.6 is 0 Å². The van der Waals surface area contributed by atoms with Crippen LogP contribution in [-0.2, 0) is 0 Å². The molecule has 0 amide bonds. The Morgan fingerprint density at radius 3 is 3.00 bits per heavy atom. The van der Waals surface area contributed by atoms with Gasteiger partial charge in [-0.2, -0.15) is 0 Å². The zero-order valence-corrected chi connectivity index (χ0v) is 8.64. The van der Waals surface area contributed by atoms with Crippen LogP contribution in [-0.4, -0.2) is 16.6 Å². The van der Waals surface area contributed by atoms with Crippen molar-refractivity contribution in [2.75, 3.05) is 6.54 Å². The largest absolute Gasteiger partial charge is 0.506 e. The van der Waals surface area contributed by atoms with E-state index in [1.807, 2.05) is 25.1 Å². The van der Waals surface area contributed by atoms with Crippen molar-refractivity contribution in [1.82, 2.24) is 4.98 Å². The summed E-state index contributed by atoms with van der Waals surface area (Å²) in [6.45, 7) is 2.61. The first-order chi connectivity index (χ1) is 7.22. The summed E-state index contributed by atoms with van der Waals surface area (Å²) in [7, 11) is 0. The Morgan fingerprint density at radius 2 is 2.27 bits per heavy atom. The zero-order chi connectivity index (χ0) is 10.8. The van der Waals surface area contributed by atoms with Crippen molar-refractivity contribution in [1.29, 1.82) is 0 Å². The molecule has 2 rings (SSSR count). The highest BCUT2D eigenvalue weighted by Gasteiger charge is 2.08. The Morgan fingerprint density at radius 1 is 1.47 bits per heavy atom. The number of phenolic OH excluding ortho intramolecular Hbond substituents is 1. The lowest BCUT2D eigenvalue weighted by Crippen LogP contribution is -2.08. The molecule has 3 heteroatoms. The molecule has 1 aromatic carbocycles. The van der Waals surface area contributed by atoms with E-state index < -0.39 is 0 Å². The van der Waals surface area contributed by atoms with E-state index in [2.05, 4.69) is 4.98 Å². The third kappa shape index (κ3) is 1.78. The number of aromatic nitrogens is 1. The van der Waals surface area contributed by atoms with E-state index in [9.17, 15) is 5.11 Å². The van der Waals surface area contributed by atoms with E-state index in [1.54, 1.807) is 12.3 Å². The van der Waals surface area contributed by atoms with Crippen LogP contribution in [0.3, 0.4) is 0 Å². The van der Waals surface area contributed by atoms with Gasteiger partial charge in [0.05, 0.1) is 0 Å². The quantitative estimate of drug-likeness (QED) is 0.783. The first kappa shape index (κ1) is 9.93. The molecule has 78 valence electrons. The molecule has 0 radical (unpaired) electrons. The Hall–Kier alpha value is -1.61. The predicted molar refractivity (Wildman–Crippen MR) is 60.9 cm³/mol. The van der Waals surface area contributed by atoms with Crippen molar-refractivity contribution >= 4 is 10.9 Å². The fourth-order valence-corrected chi connectivity index (χ4v) is 1.62. The van der Waals surface area contributed by atoms with Crippen molar-refractivity contribution < 1.29 is 5.11 Å². The number of nitrogens with two attached hydrogens (primary N) is 1. The van der Waals surface area contributed by atoms with Crippen LogP contribution in [0.5, 0.6) is 5.75 Å². The molecule has 15 heavy (non-hydrogen) atoms. The van der Waals surface area contributed by atoms with Crippen LogP contribution in [0.25, 0.3) is 10.9 Å². The Labute approximate surface area is 88.6 Å². The second-order valence-corrected chi connectivity index (χ2v) is 3.75. The molecule has 2 aromatic rings. The first-order valence-corrected chi connectivity index (χ1v) is 5.00. The molecule has 3 N–H and O–H groups in total. The Bertz CT molecular complexity index is 482. The highest BCUT2D eigenvalue weighted by atomic mass is 16.3. The molecular weight excluding hydrogens is 188 g/mol. The highest BCUT2D eigenvalue weighted by molar-refractivity contribution is 5.84. The van der Waals surface area contributed by atoms with Gasteiger partial charge in [0.25, 0.3) is 0 Å². The summed E-state index contributed by atoms with van der Waals surface area (Å²) < 4.78 is 0. The molecule has 0 fully saturated rings. The second kappa shape index (κ2) is 3.87. The van der Waals surface area contributed by atoms with Crippen molar-refractivity contribution in [3.63, 3.8) is 0 Å². The molecule has 0 saturated heterocycles. The maximum Gasteiger partial charge on any atom is 0.142 e. The summed E-state index contributed by atoms with van der Waals surface area (Å²) in [6, 6.07) is 7.57. The standard InChI is InChI=1S/C12H14N2O/c1-8(7-13)10-5-9-3-2-4-14-12(9)11(15)6-10/h2-6,8,15H,7,13H2,1H3. The van der Waals surface area contributed by atoms with Gasteiger partial charge in [-0.3, -0.25) is 4.98 Å². The summed E-state index contributed by atoms with van der Waals surface area (Å²) in [4.78, 5) is 4.13. The van der Waals surface area contributed by atoms with Gasteiger partial charge in [0.1, 0.15) is 11.3 Å². The van der Waals surface area contributed by atoms with Gasteiger partial charge in [0.2, 0.25) is 0 Å². The maximum atomic E-state index is 9.79. The van der Waals surface area contributed by atoms with Crippen molar-refractivity contribution in [3.05, 3.63) is 36.0 Å². The maximum absolute atomic E-state index is 9.79. The van der Waals surface area contributed by atoms with E-state index in [0.717, 1.165) is 10.9 Å². The Balaban J connectivity index is 2.62. The number of phenols is 1. The first-order valence-electron chi connectivity index (χ1n) is 5.00. The average molecular weight is 202 g/mol. The number of rotatable bonds is 2. The number of benzene rings is 1. The molecule has 1 aromatic heterocycles. The van der Waals surface area contributed by atoms with Crippen LogP contribution in [0.1, 0.15) is 18.4 Å². The molecule has 0 spiro atoms. The van der Waals surface area contributed by atoms with Gasteiger partial charge in [-0.25, -0.2) is 0 Å². The minimum absolute atomic E-state index is 0.225. The lowest BCUT2D eigenvalue weighted by Gasteiger charge is -2.10. The smallest absolute Gasteiger partial charge is 0.142 e. The topological polar surface area (TPSA) is 59.1 Å². The predicted octanol–water partition coefficient (Wildman–Crippen LogP) is 2.00. The number of hydrogen-bond donors (Lipinski definition) is 2. The van der Waals surface area contributed by atoms with Gasteiger partial charge < -0.3 is 10.8 Å². The van der Waals surface area contributed by atoms with Crippen LogP contribution in [0, 0.1) is 0 Å². The Kier molecular flexibility index (Phi) is 2.56. The number of nitrogens with zero attached hydrogens (tertiary/aromatic N) is 1. The lowest BCUT2D eigenvalue weighted by atomic mass is 9.99. The molecule has 0 aliphatic rings. The lowest BCUT2D eigenvalue weighted by molar-refractivity contribution is 0.479. The fourth-order valence-electron chi connectivity index (χ4n) is 1.62. The van der Waals surface area contributed by atoms with Gasteiger partial charge in [-0.1, -0.05) is 13.0 Å². The van der Waals surface area contributed by atoms with Crippen LogP contribution in [0.2, 0.25) is 0 Å². The monoisotopic (exact) mass is 202 g/mol. The summed E-state index contributed by atoms with van der Waals surface area (Å²) in [5, 5.41) is 10.7. The molecule has 1 unspecified atom stereocenters. The van der Waals surface area contributed by atoms with E-state index in [4.69, 9.17) is 5.73 Å². The minimum Gasteiger partial charge on any atom is -0.506 e. The van der Waals surface area contributed by atoms with Gasteiger partial charge in [-0.15, -0.1) is 0 Å². The van der Waals surface area contributed by atoms with Gasteiger partial charge in [-0.05, 0) is 36.2 Å². The molecule has 1 heterocycles. The van der Waals surface area contributed by atoms with Crippen LogP contribution in [0.15, 0.2) is 30.5 Å².